The molecular formula is C32H47N5O8S. The van der Waals surface area contributed by atoms with E-state index in [-0.39, 0.29) is 43.0 Å². The fourth-order valence-electron chi connectivity index (χ4n) is 5.62. The number of nitrogen functional groups attached to an aromatic ring is 1. The number of anilines is 1. The van der Waals surface area contributed by atoms with Crippen molar-refractivity contribution in [1.29, 1.82) is 0 Å². The second kappa shape index (κ2) is 15.4. The lowest BCUT2D eigenvalue weighted by Crippen LogP contribution is -2.52. The zero-order valence-electron chi connectivity index (χ0n) is 26.9. The van der Waals surface area contributed by atoms with Crippen molar-refractivity contribution in [3.8, 4) is 0 Å². The first-order chi connectivity index (χ1) is 21.7. The number of benzene rings is 2. The summed E-state index contributed by atoms with van der Waals surface area (Å²) < 4.78 is 46.1. The van der Waals surface area contributed by atoms with E-state index in [0.29, 0.717) is 31.7 Å². The highest BCUT2D eigenvalue weighted by atomic mass is 32.2. The maximum Gasteiger partial charge on any atom is 0.407 e. The predicted octanol–water partition coefficient (Wildman–Crippen LogP) is 2.41. The third-order valence-electron chi connectivity index (χ3n) is 8.31. The highest BCUT2D eigenvalue weighted by Crippen LogP contribution is 2.33. The molecule has 0 unspecified atom stereocenters. The molecule has 3 amide bonds. The zero-order valence-corrected chi connectivity index (χ0v) is 27.7. The lowest BCUT2D eigenvalue weighted by Gasteiger charge is -2.35. The summed E-state index contributed by atoms with van der Waals surface area (Å²) in [6, 6.07) is 14.0. The average molecular weight is 662 g/mol. The minimum Gasteiger partial charge on any atom is -0.443 e. The van der Waals surface area contributed by atoms with E-state index in [1.165, 1.54) is 33.5 Å². The Bertz CT molecular complexity index is 1410. The maximum absolute atomic E-state index is 14.0. The Morgan fingerprint density at radius 1 is 1.11 bits per heavy atom. The number of alkyl carbamates (subject to hydrolysis) is 1. The lowest BCUT2D eigenvalue weighted by atomic mass is 9.89. The Balaban J connectivity index is 1.54. The van der Waals surface area contributed by atoms with Gasteiger partial charge in [-0.05, 0) is 54.5 Å². The Morgan fingerprint density at radius 3 is 2.48 bits per heavy atom. The number of amides is 3. The highest BCUT2D eigenvalue weighted by Gasteiger charge is 2.44. The van der Waals surface area contributed by atoms with Crippen LogP contribution in [0.1, 0.15) is 32.3 Å². The van der Waals surface area contributed by atoms with E-state index in [4.69, 9.17) is 19.9 Å². The molecule has 2 saturated heterocycles. The van der Waals surface area contributed by atoms with Gasteiger partial charge in [0.05, 0.1) is 36.2 Å². The summed E-state index contributed by atoms with van der Waals surface area (Å²) in [7, 11) is -0.839. The Hall–Kier alpha value is -3.43. The second-order valence-corrected chi connectivity index (χ2v) is 14.8. The molecule has 4 rings (SSSR count). The van der Waals surface area contributed by atoms with Gasteiger partial charge in [-0.25, -0.2) is 18.0 Å². The monoisotopic (exact) mass is 661 g/mol. The van der Waals surface area contributed by atoms with Gasteiger partial charge in [0.15, 0.2) is 6.29 Å². The zero-order chi connectivity index (χ0) is 33.5. The molecule has 2 fully saturated rings. The minimum absolute atomic E-state index is 0.0205. The molecule has 254 valence electrons. The van der Waals surface area contributed by atoms with Gasteiger partial charge in [0.25, 0.3) is 0 Å². The van der Waals surface area contributed by atoms with E-state index in [1.807, 2.05) is 44.2 Å². The van der Waals surface area contributed by atoms with Gasteiger partial charge in [-0.1, -0.05) is 44.2 Å². The predicted molar refractivity (Wildman–Crippen MR) is 172 cm³/mol. The smallest absolute Gasteiger partial charge is 0.407 e. The summed E-state index contributed by atoms with van der Waals surface area (Å²) in [6.07, 6.45) is -1.53. The van der Waals surface area contributed by atoms with Gasteiger partial charge >= 0.3 is 12.1 Å². The summed E-state index contributed by atoms with van der Waals surface area (Å²) in [5.41, 5.74) is 6.47. The van der Waals surface area contributed by atoms with Crippen molar-refractivity contribution in [2.24, 2.45) is 11.3 Å². The first-order valence-electron chi connectivity index (χ1n) is 15.5. The van der Waals surface area contributed by atoms with E-state index in [1.54, 1.807) is 14.1 Å². The van der Waals surface area contributed by atoms with Crippen LogP contribution in [0.2, 0.25) is 0 Å². The van der Waals surface area contributed by atoms with Crippen molar-refractivity contribution < 1.29 is 37.3 Å². The van der Waals surface area contributed by atoms with Gasteiger partial charge in [0.1, 0.15) is 6.10 Å². The quantitative estimate of drug-likeness (QED) is 0.222. The van der Waals surface area contributed by atoms with Crippen LogP contribution < -0.4 is 16.4 Å². The summed E-state index contributed by atoms with van der Waals surface area (Å²) >= 11 is 0. The van der Waals surface area contributed by atoms with Crippen LogP contribution in [0.5, 0.6) is 0 Å². The molecule has 0 bridgehead atoms. The molecule has 0 radical (unpaired) electrons. The van der Waals surface area contributed by atoms with Crippen LogP contribution in [-0.2, 0) is 30.7 Å². The molecule has 0 saturated carbocycles. The van der Waals surface area contributed by atoms with E-state index in [9.17, 15) is 23.1 Å². The number of nitrogens with zero attached hydrogens (tertiary/aromatic N) is 2. The third kappa shape index (κ3) is 9.55. The molecule has 0 aromatic heterocycles. The number of urea groups is 1. The minimum atomic E-state index is -4.12. The maximum atomic E-state index is 14.0. The standard InChI is InChI=1S/C32H47N5O8S/c1-32(2,15-16-34-30(39)36(3)4)21-37(46(41,42)24-12-10-23(33)11-13-24)19-27(38)26(18-22-8-6-5-7-9-22)35-31(40)45-28-20-44-29-25(28)14-17-43-29/h5-13,25-29,38H,14-21,33H2,1-4H3,(H,34,39)(H,35,40)/t25-,26-,27+,28-,29+/m0/s1. The number of nitrogens with two attached hydrogens (primary N) is 1. The van der Waals surface area contributed by atoms with Crippen molar-refractivity contribution >= 4 is 27.8 Å². The number of carbonyl (C=O) groups is 2. The van der Waals surface area contributed by atoms with Crippen LogP contribution in [0.25, 0.3) is 0 Å². The SMILES string of the molecule is CN(C)C(=O)NCCC(C)(C)CN(C[C@@H](O)[C@H](Cc1ccccc1)NC(=O)O[C@H]1CO[C@H]2OCC[C@H]21)S(=O)(=O)c1ccc(N)cc1. The number of aliphatic hydroxyl groups excluding tert-OH is 1. The van der Waals surface area contributed by atoms with Gasteiger partial charge in [-0.2, -0.15) is 4.31 Å². The normalized spacial score (nSPS) is 21.0. The number of hydrogen-bond acceptors (Lipinski definition) is 9. The molecule has 5 atom stereocenters. The van der Waals surface area contributed by atoms with Crippen LogP contribution >= 0.6 is 0 Å². The largest absolute Gasteiger partial charge is 0.443 e. The average Bonchev–Trinajstić information content (AvgIpc) is 3.62. The summed E-state index contributed by atoms with van der Waals surface area (Å²) in [4.78, 5) is 26.7. The number of rotatable bonds is 14. The molecule has 0 aliphatic carbocycles. The number of hydrogen-bond donors (Lipinski definition) is 4. The van der Waals surface area contributed by atoms with Crippen molar-refractivity contribution in [1.82, 2.24) is 19.8 Å². The Labute approximate surface area is 271 Å². The third-order valence-corrected chi connectivity index (χ3v) is 10.1. The highest BCUT2D eigenvalue weighted by molar-refractivity contribution is 7.89. The van der Waals surface area contributed by atoms with Crippen LogP contribution in [0.4, 0.5) is 15.3 Å². The number of ether oxygens (including phenoxy) is 3. The summed E-state index contributed by atoms with van der Waals surface area (Å²) in [5, 5.41) is 17.3. The number of nitrogens with one attached hydrogen (secondary N) is 2. The summed E-state index contributed by atoms with van der Waals surface area (Å²) in [5.74, 6) is -0.0615. The molecule has 5 N–H and O–H groups in total. The Kier molecular flexibility index (Phi) is 11.9. The second-order valence-electron chi connectivity index (χ2n) is 12.9. The number of aliphatic hydroxyl groups is 1. The molecule has 2 aromatic rings. The fourth-order valence-corrected chi connectivity index (χ4v) is 7.26. The van der Waals surface area contributed by atoms with E-state index < -0.39 is 46.1 Å². The van der Waals surface area contributed by atoms with Crippen molar-refractivity contribution in [2.75, 3.05) is 52.7 Å². The van der Waals surface area contributed by atoms with Gasteiger partial charge in [0, 0.05) is 39.4 Å². The lowest BCUT2D eigenvalue weighted by molar-refractivity contribution is -0.0907. The Morgan fingerprint density at radius 2 is 1.80 bits per heavy atom. The van der Waals surface area contributed by atoms with Gasteiger partial charge in [0.2, 0.25) is 10.0 Å². The molecule has 13 nitrogen and oxygen atoms in total. The molecule has 14 heteroatoms. The van der Waals surface area contributed by atoms with E-state index >= 15 is 0 Å². The van der Waals surface area contributed by atoms with Crippen LogP contribution in [-0.4, -0.2) is 106 Å². The molecule has 0 spiro atoms. The molecule has 2 aliphatic rings. The van der Waals surface area contributed by atoms with Crippen LogP contribution in [0, 0.1) is 11.3 Å². The molecule has 2 aromatic carbocycles. The topological polar surface area (TPSA) is 173 Å². The van der Waals surface area contributed by atoms with Crippen molar-refractivity contribution in [2.45, 2.75) is 62.5 Å². The number of sulfonamides is 1. The summed E-state index contributed by atoms with van der Waals surface area (Å²) in [6.45, 7) is 4.57. The molecule has 2 aliphatic heterocycles. The molecule has 46 heavy (non-hydrogen) atoms. The van der Waals surface area contributed by atoms with E-state index in [0.717, 1.165) is 5.56 Å². The fraction of sp³-hybridized carbons (Fsp3) is 0.562. The van der Waals surface area contributed by atoms with Gasteiger partial charge < -0.3 is 40.6 Å². The van der Waals surface area contributed by atoms with Crippen LogP contribution in [0.15, 0.2) is 59.5 Å². The van der Waals surface area contributed by atoms with Crippen LogP contribution in [0.3, 0.4) is 0 Å². The molecule has 2 heterocycles. The molecular weight excluding hydrogens is 614 g/mol. The first-order valence-corrected chi connectivity index (χ1v) is 16.9. The number of carbonyl (C=O) groups excluding carboxylic acids is 2. The van der Waals surface area contributed by atoms with Gasteiger partial charge in [-0.3, -0.25) is 0 Å². The van der Waals surface area contributed by atoms with Gasteiger partial charge in [-0.15, -0.1) is 0 Å². The van der Waals surface area contributed by atoms with Crippen molar-refractivity contribution in [3.63, 3.8) is 0 Å². The first kappa shape index (κ1) is 35.4. The number of fused-ring (bicyclic) bond motifs is 1. The van der Waals surface area contributed by atoms with Crippen molar-refractivity contribution in [3.05, 3.63) is 60.2 Å². The van der Waals surface area contributed by atoms with E-state index in [2.05, 4.69) is 10.6 Å².